The normalized spacial score (nSPS) is 22.1. The number of nitrogens with zero attached hydrogens (tertiary/aromatic N) is 1. The first-order valence-electron chi connectivity index (χ1n) is 7.78. The molecule has 1 aliphatic heterocycles. The van der Waals surface area contributed by atoms with E-state index in [4.69, 9.17) is 4.74 Å². The third-order valence-electron chi connectivity index (χ3n) is 4.26. The minimum absolute atomic E-state index is 0.422. The average molecular weight is 276 g/mol. The Bertz CT molecular complexity index is 376. The summed E-state index contributed by atoms with van der Waals surface area (Å²) >= 11 is 0. The molecule has 3 nitrogen and oxygen atoms in total. The highest BCUT2D eigenvalue weighted by molar-refractivity contribution is 5.19. The Hall–Kier alpha value is -0.900. The van der Waals surface area contributed by atoms with Gasteiger partial charge in [0.15, 0.2) is 0 Å². The number of hydrogen-bond acceptors (Lipinski definition) is 3. The van der Waals surface area contributed by atoms with Crippen molar-refractivity contribution in [3.8, 4) is 0 Å². The van der Waals surface area contributed by atoms with Crippen LogP contribution in [0.2, 0.25) is 0 Å². The predicted octanol–water partition coefficient (Wildman–Crippen LogP) is 2.69. The molecule has 1 saturated heterocycles. The molecule has 1 aromatic carbocycles. The zero-order chi connectivity index (χ0) is 14.4. The first-order valence-corrected chi connectivity index (χ1v) is 7.78. The summed E-state index contributed by atoms with van der Waals surface area (Å²) in [5, 5.41) is 3.64. The third kappa shape index (κ3) is 4.05. The Morgan fingerprint density at radius 3 is 2.70 bits per heavy atom. The smallest absolute Gasteiger partial charge is 0.0622 e. The number of hydrogen-bond donors (Lipinski definition) is 1. The molecule has 20 heavy (non-hydrogen) atoms. The monoisotopic (exact) mass is 276 g/mol. The van der Waals surface area contributed by atoms with Crippen LogP contribution < -0.4 is 5.32 Å². The van der Waals surface area contributed by atoms with Crippen LogP contribution in [0.15, 0.2) is 30.3 Å². The van der Waals surface area contributed by atoms with Crippen LogP contribution in [-0.4, -0.2) is 44.3 Å². The van der Waals surface area contributed by atoms with Gasteiger partial charge in [-0.25, -0.2) is 0 Å². The lowest BCUT2D eigenvalue weighted by molar-refractivity contribution is 0.144. The Morgan fingerprint density at radius 1 is 1.35 bits per heavy atom. The summed E-state index contributed by atoms with van der Waals surface area (Å²) < 4.78 is 5.50. The van der Waals surface area contributed by atoms with Gasteiger partial charge in [0.25, 0.3) is 0 Å². The first kappa shape index (κ1) is 15.5. The van der Waals surface area contributed by atoms with Crippen LogP contribution in [0.4, 0.5) is 0 Å². The van der Waals surface area contributed by atoms with Crippen molar-refractivity contribution in [3.63, 3.8) is 0 Å². The molecule has 1 fully saturated rings. The van der Waals surface area contributed by atoms with Gasteiger partial charge in [0.05, 0.1) is 6.61 Å². The summed E-state index contributed by atoms with van der Waals surface area (Å²) in [6, 6.07) is 11.8. The highest BCUT2D eigenvalue weighted by Gasteiger charge is 2.25. The summed E-state index contributed by atoms with van der Waals surface area (Å²) in [5.41, 5.74) is 1.39. The summed E-state index contributed by atoms with van der Waals surface area (Å²) in [6.07, 6.45) is 1.17. The zero-order valence-electron chi connectivity index (χ0n) is 13.0. The maximum atomic E-state index is 5.50. The highest BCUT2D eigenvalue weighted by Crippen LogP contribution is 2.23. The molecule has 0 amide bonds. The molecule has 0 bridgehead atoms. The van der Waals surface area contributed by atoms with Gasteiger partial charge in [-0.15, -0.1) is 0 Å². The van der Waals surface area contributed by atoms with Gasteiger partial charge >= 0.3 is 0 Å². The lowest BCUT2D eigenvalue weighted by Gasteiger charge is -2.31. The van der Waals surface area contributed by atoms with E-state index in [0.717, 1.165) is 26.3 Å². The summed E-state index contributed by atoms with van der Waals surface area (Å²) in [5.74, 6) is 0.572. The van der Waals surface area contributed by atoms with Crippen LogP contribution in [0.5, 0.6) is 0 Å². The fourth-order valence-corrected chi connectivity index (χ4v) is 3.11. The van der Waals surface area contributed by atoms with Crippen LogP contribution in [0.25, 0.3) is 0 Å². The van der Waals surface area contributed by atoms with Gasteiger partial charge in [0.1, 0.15) is 0 Å². The molecule has 3 unspecified atom stereocenters. The second-order valence-electron chi connectivity index (χ2n) is 5.88. The fourth-order valence-electron chi connectivity index (χ4n) is 3.11. The standard InChI is InChI=1S/C17H28N2O/c1-4-18-17(15-8-6-5-7-9-15)14(2)12-19(3)16-10-11-20-13-16/h5-9,14,16-18H,4,10-13H2,1-3H3. The quantitative estimate of drug-likeness (QED) is 0.828. The molecule has 0 aromatic heterocycles. The molecule has 0 radical (unpaired) electrons. The molecule has 2 rings (SSSR count). The maximum Gasteiger partial charge on any atom is 0.0622 e. The van der Waals surface area contributed by atoms with Crippen molar-refractivity contribution in [1.29, 1.82) is 0 Å². The Labute approximate surface area is 123 Å². The fraction of sp³-hybridized carbons (Fsp3) is 0.647. The lowest BCUT2D eigenvalue weighted by Crippen LogP contribution is -2.39. The van der Waals surface area contributed by atoms with E-state index < -0.39 is 0 Å². The van der Waals surface area contributed by atoms with Crippen molar-refractivity contribution >= 4 is 0 Å². The van der Waals surface area contributed by atoms with Crippen LogP contribution >= 0.6 is 0 Å². The molecule has 3 atom stereocenters. The summed E-state index contributed by atoms with van der Waals surface area (Å²) in [4.78, 5) is 2.46. The van der Waals surface area contributed by atoms with E-state index in [1.807, 2.05) is 0 Å². The van der Waals surface area contributed by atoms with Crippen molar-refractivity contribution in [2.24, 2.45) is 5.92 Å². The molecule has 1 heterocycles. The number of rotatable bonds is 7. The van der Waals surface area contributed by atoms with E-state index in [9.17, 15) is 0 Å². The van der Waals surface area contributed by atoms with Gasteiger partial charge in [0.2, 0.25) is 0 Å². The molecule has 112 valence electrons. The van der Waals surface area contributed by atoms with Crippen molar-refractivity contribution in [1.82, 2.24) is 10.2 Å². The van der Waals surface area contributed by atoms with Crippen LogP contribution in [0.1, 0.15) is 31.9 Å². The van der Waals surface area contributed by atoms with E-state index in [2.05, 4.69) is 61.4 Å². The highest BCUT2D eigenvalue weighted by atomic mass is 16.5. The molecule has 1 aliphatic rings. The number of ether oxygens (including phenoxy) is 1. The van der Waals surface area contributed by atoms with Crippen LogP contribution in [0, 0.1) is 5.92 Å². The number of likely N-dealkylation sites (N-methyl/N-ethyl adjacent to an activating group) is 1. The first-order chi connectivity index (χ1) is 9.72. The second-order valence-corrected chi connectivity index (χ2v) is 5.88. The third-order valence-corrected chi connectivity index (χ3v) is 4.26. The summed E-state index contributed by atoms with van der Waals surface area (Å²) in [6.45, 7) is 8.42. The van der Waals surface area contributed by atoms with Crippen molar-refractivity contribution in [3.05, 3.63) is 35.9 Å². The Kier molecular flexibility index (Phi) is 6.02. The number of benzene rings is 1. The minimum atomic E-state index is 0.422. The van der Waals surface area contributed by atoms with Gasteiger partial charge in [-0.3, -0.25) is 0 Å². The SMILES string of the molecule is CCNC(c1ccccc1)C(C)CN(C)C1CCOC1. The van der Waals surface area contributed by atoms with E-state index in [0.29, 0.717) is 18.0 Å². The van der Waals surface area contributed by atoms with Crippen molar-refractivity contribution in [2.45, 2.75) is 32.4 Å². The lowest BCUT2D eigenvalue weighted by atomic mass is 9.93. The predicted molar refractivity (Wildman–Crippen MR) is 83.9 cm³/mol. The molecule has 0 saturated carbocycles. The minimum Gasteiger partial charge on any atom is -0.380 e. The van der Waals surface area contributed by atoms with Gasteiger partial charge in [-0.1, -0.05) is 44.2 Å². The molecule has 1 N–H and O–H groups in total. The Morgan fingerprint density at radius 2 is 2.10 bits per heavy atom. The van der Waals surface area contributed by atoms with E-state index in [-0.39, 0.29) is 0 Å². The van der Waals surface area contributed by atoms with E-state index in [1.165, 1.54) is 12.0 Å². The van der Waals surface area contributed by atoms with Crippen LogP contribution in [0.3, 0.4) is 0 Å². The molecule has 0 aliphatic carbocycles. The van der Waals surface area contributed by atoms with Crippen molar-refractivity contribution in [2.75, 3.05) is 33.4 Å². The van der Waals surface area contributed by atoms with Gasteiger partial charge in [0, 0.05) is 25.2 Å². The second kappa shape index (κ2) is 7.77. The van der Waals surface area contributed by atoms with Crippen LogP contribution in [-0.2, 0) is 4.74 Å². The zero-order valence-corrected chi connectivity index (χ0v) is 13.0. The maximum absolute atomic E-state index is 5.50. The van der Waals surface area contributed by atoms with Gasteiger partial charge in [-0.05, 0) is 31.5 Å². The average Bonchev–Trinajstić information content (AvgIpc) is 2.99. The molecular formula is C17H28N2O. The summed E-state index contributed by atoms with van der Waals surface area (Å²) in [7, 11) is 2.23. The topological polar surface area (TPSA) is 24.5 Å². The molecule has 3 heteroatoms. The number of nitrogens with one attached hydrogen (secondary N) is 1. The van der Waals surface area contributed by atoms with E-state index >= 15 is 0 Å². The molecule has 1 aromatic rings. The largest absolute Gasteiger partial charge is 0.380 e. The Balaban J connectivity index is 1.97. The van der Waals surface area contributed by atoms with Gasteiger partial charge in [-0.2, -0.15) is 0 Å². The van der Waals surface area contributed by atoms with E-state index in [1.54, 1.807) is 0 Å². The van der Waals surface area contributed by atoms with Gasteiger partial charge < -0.3 is 15.0 Å². The molecule has 0 spiro atoms. The van der Waals surface area contributed by atoms with Crippen molar-refractivity contribution < 1.29 is 4.74 Å². The molecular weight excluding hydrogens is 248 g/mol.